The van der Waals surface area contributed by atoms with Gasteiger partial charge in [-0.15, -0.1) is 0 Å². The molecule has 2 fully saturated rings. The molecule has 1 aliphatic carbocycles. The lowest BCUT2D eigenvalue weighted by Crippen LogP contribution is -2.63. The number of hydrogen-bond donors (Lipinski definition) is 1. The Morgan fingerprint density at radius 1 is 1.25 bits per heavy atom. The van der Waals surface area contributed by atoms with Gasteiger partial charge in [0, 0.05) is 36.2 Å². The number of rotatable bonds is 2. The third-order valence-electron chi connectivity index (χ3n) is 5.04. The van der Waals surface area contributed by atoms with Gasteiger partial charge in [0.1, 0.15) is 0 Å². The molecule has 0 bridgehead atoms. The maximum absolute atomic E-state index is 6.33. The van der Waals surface area contributed by atoms with Crippen molar-refractivity contribution in [1.82, 2.24) is 10.2 Å². The van der Waals surface area contributed by atoms with Crippen LogP contribution in [0.1, 0.15) is 44.6 Å². The Kier molecular flexibility index (Phi) is 4.34. The molecule has 1 atom stereocenters. The van der Waals surface area contributed by atoms with E-state index >= 15 is 0 Å². The number of halogens is 1. The maximum atomic E-state index is 6.33. The van der Waals surface area contributed by atoms with Crippen molar-refractivity contribution in [3.05, 3.63) is 34.9 Å². The molecule has 3 rings (SSSR count). The van der Waals surface area contributed by atoms with Gasteiger partial charge < -0.3 is 5.32 Å². The van der Waals surface area contributed by atoms with Crippen molar-refractivity contribution in [2.24, 2.45) is 0 Å². The fourth-order valence-electron chi connectivity index (χ4n) is 3.71. The lowest BCUT2D eigenvalue weighted by molar-refractivity contribution is 0.0573. The third kappa shape index (κ3) is 3.03. The van der Waals surface area contributed by atoms with E-state index in [0.717, 1.165) is 18.1 Å². The summed E-state index contributed by atoms with van der Waals surface area (Å²) in [7, 11) is 0. The van der Waals surface area contributed by atoms with Crippen LogP contribution in [-0.4, -0.2) is 29.6 Å². The first-order valence-electron chi connectivity index (χ1n) is 7.91. The highest BCUT2D eigenvalue weighted by atomic mass is 35.5. The Balaban J connectivity index is 1.72. The van der Waals surface area contributed by atoms with Crippen LogP contribution in [0.15, 0.2) is 24.3 Å². The normalized spacial score (nSPS) is 26.8. The molecule has 1 saturated carbocycles. The third-order valence-corrected chi connectivity index (χ3v) is 5.41. The highest BCUT2D eigenvalue weighted by Crippen LogP contribution is 2.32. The molecule has 1 aromatic carbocycles. The predicted octanol–water partition coefficient (Wildman–Crippen LogP) is 3.84. The molecule has 2 nitrogen and oxygen atoms in total. The quantitative estimate of drug-likeness (QED) is 0.891. The first-order chi connectivity index (χ1) is 9.69. The van der Waals surface area contributed by atoms with E-state index in [-0.39, 0.29) is 0 Å². The average molecular weight is 293 g/mol. The van der Waals surface area contributed by atoms with E-state index in [1.807, 2.05) is 12.1 Å². The number of piperazine rings is 1. The second-order valence-corrected chi connectivity index (χ2v) is 6.97. The van der Waals surface area contributed by atoms with Gasteiger partial charge in [-0.2, -0.15) is 0 Å². The summed E-state index contributed by atoms with van der Waals surface area (Å²) in [6.45, 7) is 5.56. The molecule has 1 spiro atoms. The van der Waals surface area contributed by atoms with Gasteiger partial charge in [-0.3, -0.25) is 4.90 Å². The Morgan fingerprint density at radius 2 is 2.00 bits per heavy atom. The second kappa shape index (κ2) is 6.05. The van der Waals surface area contributed by atoms with Gasteiger partial charge >= 0.3 is 0 Å². The largest absolute Gasteiger partial charge is 0.308 e. The Labute approximate surface area is 127 Å². The molecule has 1 N–H and O–H groups in total. The van der Waals surface area contributed by atoms with Gasteiger partial charge in [-0.1, -0.05) is 49.1 Å². The minimum Gasteiger partial charge on any atom is -0.308 e. The predicted molar refractivity (Wildman–Crippen MR) is 85.1 cm³/mol. The van der Waals surface area contributed by atoms with E-state index in [0.29, 0.717) is 11.6 Å². The number of benzene rings is 1. The van der Waals surface area contributed by atoms with E-state index in [1.54, 1.807) is 0 Å². The number of nitrogens with one attached hydrogen (secondary N) is 1. The minimum atomic E-state index is 0.367. The molecule has 2 aliphatic rings. The van der Waals surface area contributed by atoms with Gasteiger partial charge in [0.15, 0.2) is 0 Å². The standard InChI is InChI=1S/C17H25ClN2/c1-14-11-19-17(9-5-2-6-10-17)13-20(14)12-15-7-3-4-8-16(15)18/h3-4,7-8,14,19H,2,5-6,9-13H2,1H3. The van der Waals surface area contributed by atoms with Gasteiger partial charge in [-0.25, -0.2) is 0 Å². The molecule has 1 saturated heterocycles. The lowest BCUT2D eigenvalue weighted by atomic mass is 9.79. The van der Waals surface area contributed by atoms with Crippen LogP contribution in [-0.2, 0) is 6.54 Å². The number of nitrogens with zero attached hydrogens (tertiary/aromatic N) is 1. The average Bonchev–Trinajstić information content (AvgIpc) is 2.47. The smallest absolute Gasteiger partial charge is 0.0451 e. The molecule has 1 aliphatic heterocycles. The van der Waals surface area contributed by atoms with Crippen molar-refractivity contribution in [1.29, 1.82) is 0 Å². The zero-order valence-corrected chi connectivity index (χ0v) is 13.1. The summed E-state index contributed by atoms with van der Waals surface area (Å²) in [6.07, 6.45) is 6.82. The van der Waals surface area contributed by atoms with Crippen molar-refractivity contribution in [2.45, 2.75) is 57.2 Å². The van der Waals surface area contributed by atoms with Crippen molar-refractivity contribution < 1.29 is 0 Å². The van der Waals surface area contributed by atoms with Gasteiger partial charge in [0.2, 0.25) is 0 Å². The van der Waals surface area contributed by atoms with Crippen LogP contribution < -0.4 is 5.32 Å². The van der Waals surface area contributed by atoms with E-state index in [1.165, 1.54) is 44.2 Å². The summed E-state index contributed by atoms with van der Waals surface area (Å²) in [5, 5.41) is 4.74. The lowest BCUT2D eigenvalue weighted by Gasteiger charge is -2.49. The highest BCUT2D eigenvalue weighted by Gasteiger charge is 2.38. The summed E-state index contributed by atoms with van der Waals surface area (Å²) in [4.78, 5) is 2.61. The van der Waals surface area contributed by atoms with Crippen LogP contribution >= 0.6 is 11.6 Å². The first-order valence-corrected chi connectivity index (χ1v) is 8.29. The summed E-state index contributed by atoms with van der Waals surface area (Å²) < 4.78 is 0. The van der Waals surface area contributed by atoms with Crippen LogP contribution in [0.2, 0.25) is 5.02 Å². The van der Waals surface area contributed by atoms with Crippen molar-refractivity contribution in [2.75, 3.05) is 13.1 Å². The summed E-state index contributed by atoms with van der Waals surface area (Å²) in [5.74, 6) is 0. The fraction of sp³-hybridized carbons (Fsp3) is 0.647. The SMILES string of the molecule is CC1CNC2(CCCCC2)CN1Cc1ccccc1Cl. The van der Waals surface area contributed by atoms with Crippen LogP contribution in [0.4, 0.5) is 0 Å². The van der Waals surface area contributed by atoms with Gasteiger partial charge in [0.25, 0.3) is 0 Å². The zero-order valence-electron chi connectivity index (χ0n) is 12.4. The monoisotopic (exact) mass is 292 g/mol. The van der Waals surface area contributed by atoms with Gasteiger partial charge in [-0.05, 0) is 31.4 Å². The summed E-state index contributed by atoms with van der Waals surface area (Å²) in [6, 6.07) is 8.84. The van der Waals surface area contributed by atoms with E-state index in [4.69, 9.17) is 11.6 Å². The molecule has 0 amide bonds. The van der Waals surface area contributed by atoms with Crippen LogP contribution in [0, 0.1) is 0 Å². The van der Waals surface area contributed by atoms with Crippen molar-refractivity contribution in [3.8, 4) is 0 Å². The van der Waals surface area contributed by atoms with E-state index in [2.05, 4.69) is 29.3 Å². The first kappa shape index (κ1) is 14.4. The Bertz CT molecular complexity index is 454. The Morgan fingerprint density at radius 3 is 2.75 bits per heavy atom. The molecule has 1 aromatic rings. The van der Waals surface area contributed by atoms with Crippen LogP contribution in [0.25, 0.3) is 0 Å². The van der Waals surface area contributed by atoms with Crippen molar-refractivity contribution in [3.63, 3.8) is 0 Å². The number of hydrogen-bond acceptors (Lipinski definition) is 2. The zero-order chi connectivity index (χ0) is 14.0. The highest BCUT2D eigenvalue weighted by molar-refractivity contribution is 6.31. The molecular formula is C17H25ClN2. The molecular weight excluding hydrogens is 268 g/mol. The second-order valence-electron chi connectivity index (χ2n) is 6.57. The molecule has 20 heavy (non-hydrogen) atoms. The van der Waals surface area contributed by atoms with Gasteiger partial charge in [0.05, 0.1) is 0 Å². The van der Waals surface area contributed by atoms with Crippen molar-refractivity contribution >= 4 is 11.6 Å². The van der Waals surface area contributed by atoms with E-state index < -0.39 is 0 Å². The topological polar surface area (TPSA) is 15.3 Å². The molecule has 0 aromatic heterocycles. The van der Waals surface area contributed by atoms with E-state index in [9.17, 15) is 0 Å². The summed E-state index contributed by atoms with van der Waals surface area (Å²) >= 11 is 6.33. The minimum absolute atomic E-state index is 0.367. The Hall–Kier alpha value is -0.570. The molecule has 1 heterocycles. The molecule has 3 heteroatoms. The molecule has 1 unspecified atom stereocenters. The fourth-order valence-corrected chi connectivity index (χ4v) is 3.91. The molecule has 110 valence electrons. The van der Waals surface area contributed by atoms with Crippen LogP contribution in [0.3, 0.4) is 0 Å². The van der Waals surface area contributed by atoms with Crippen LogP contribution in [0.5, 0.6) is 0 Å². The maximum Gasteiger partial charge on any atom is 0.0451 e. The molecule has 0 radical (unpaired) electrons. The summed E-state index contributed by atoms with van der Waals surface area (Å²) in [5.41, 5.74) is 1.63.